The van der Waals surface area contributed by atoms with Crippen molar-refractivity contribution in [3.63, 3.8) is 0 Å². The van der Waals surface area contributed by atoms with E-state index in [1.165, 1.54) is 0 Å². The van der Waals surface area contributed by atoms with Crippen LogP contribution in [0.2, 0.25) is 0 Å². The molecule has 3 aromatic rings. The van der Waals surface area contributed by atoms with Gasteiger partial charge in [-0.05, 0) is 48.0 Å². The molecule has 0 saturated carbocycles. The van der Waals surface area contributed by atoms with Crippen LogP contribution in [-0.2, 0) is 17.1 Å². The van der Waals surface area contributed by atoms with Gasteiger partial charge < -0.3 is 15.2 Å². The lowest BCUT2D eigenvalue weighted by Gasteiger charge is -2.18. The number of rotatable bonds is 11. The van der Waals surface area contributed by atoms with Gasteiger partial charge in [0.2, 0.25) is 0 Å². The molecule has 0 radical (unpaired) electrons. The third-order valence-corrected chi connectivity index (χ3v) is 6.19. The maximum Gasteiger partial charge on any atom is 0.573 e. The largest absolute Gasteiger partial charge is 0.573 e. The van der Waals surface area contributed by atoms with Crippen molar-refractivity contribution in [3.8, 4) is 5.75 Å². The Morgan fingerprint density at radius 3 is 1.69 bits per heavy atom. The third-order valence-electron chi connectivity index (χ3n) is 6.19. The Morgan fingerprint density at radius 2 is 1.22 bits per heavy atom. The van der Waals surface area contributed by atoms with Gasteiger partial charge in [-0.25, -0.2) is 0 Å². The van der Waals surface area contributed by atoms with Gasteiger partial charge in [-0.3, -0.25) is 19.2 Å². The first-order valence-electron chi connectivity index (χ1n) is 12.6. The number of nitrogens with one attached hydrogen (secondary N) is 1. The molecule has 0 aromatic heterocycles. The summed E-state index contributed by atoms with van der Waals surface area (Å²) in [7, 11) is 0. The minimum Gasteiger partial charge on any atom is -0.481 e. The first-order valence-corrected chi connectivity index (χ1v) is 12.6. The lowest BCUT2D eigenvalue weighted by atomic mass is 9.84. The number of carboxylic acids is 1. The van der Waals surface area contributed by atoms with Crippen molar-refractivity contribution in [3.05, 3.63) is 100 Å². The summed E-state index contributed by atoms with van der Waals surface area (Å²) >= 11 is 0. The van der Waals surface area contributed by atoms with Crippen LogP contribution < -0.4 is 10.1 Å². The molecule has 1 amide bonds. The maximum atomic E-state index is 13.5. The number of carbonyl (C=O) groups excluding carboxylic acids is 3. The number of hydrogen-bond donors (Lipinski definition) is 2. The van der Waals surface area contributed by atoms with Gasteiger partial charge in [0.1, 0.15) is 5.75 Å². The molecule has 0 bridgehead atoms. The fourth-order valence-corrected chi connectivity index (χ4v) is 4.05. The van der Waals surface area contributed by atoms with Gasteiger partial charge in [-0.15, -0.1) is 13.2 Å². The molecule has 0 aliphatic heterocycles. The summed E-state index contributed by atoms with van der Waals surface area (Å²) in [4.78, 5) is 49.5. The van der Waals surface area contributed by atoms with Crippen molar-refractivity contribution in [2.24, 2.45) is 0 Å². The normalized spacial score (nSPS) is 12.7. The number of ether oxygens (including phenoxy) is 1. The van der Waals surface area contributed by atoms with Gasteiger partial charge >= 0.3 is 24.7 Å². The summed E-state index contributed by atoms with van der Waals surface area (Å²) in [5, 5.41) is 11.0. The molecule has 0 heterocycles. The first kappa shape index (κ1) is 34.6. The van der Waals surface area contributed by atoms with Crippen molar-refractivity contribution in [1.29, 1.82) is 0 Å². The van der Waals surface area contributed by atoms with E-state index in [9.17, 15) is 58.7 Å². The van der Waals surface area contributed by atoms with Crippen LogP contribution >= 0.6 is 0 Å². The SMILES string of the molecule is O=C(O)CCNC(=O)c1ccc(C(=O)C(CC(=O)c2cc(C(F)(F)F)cc(C(F)(F)F)c2)c2ccc(OC(F)(F)F)cc2)cc1. The van der Waals surface area contributed by atoms with Crippen LogP contribution in [0.1, 0.15) is 66.5 Å². The molecule has 0 aliphatic rings. The van der Waals surface area contributed by atoms with Crippen LogP contribution in [0.4, 0.5) is 39.5 Å². The maximum absolute atomic E-state index is 13.5. The summed E-state index contributed by atoms with van der Waals surface area (Å²) in [5.41, 5.74) is -4.86. The van der Waals surface area contributed by atoms with Gasteiger partial charge in [0.25, 0.3) is 5.91 Å². The minimum absolute atomic E-state index is 0.0122. The molecule has 16 heteroatoms. The van der Waals surface area contributed by atoms with Crippen molar-refractivity contribution >= 4 is 23.4 Å². The molecular formula is C29H20F9NO6. The van der Waals surface area contributed by atoms with E-state index >= 15 is 0 Å². The Balaban J connectivity index is 1.99. The lowest BCUT2D eigenvalue weighted by molar-refractivity contribution is -0.274. The molecule has 240 valence electrons. The van der Waals surface area contributed by atoms with E-state index in [2.05, 4.69) is 10.1 Å². The fourth-order valence-electron chi connectivity index (χ4n) is 4.05. The summed E-state index contributed by atoms with van der Waals surface area (Å²) in [6.45, 7) is -0.210. The Hall–Kier alpha value is -4.89. The van der Waals surface area contributed by atoms with E-state index < -0.39 is 76.9 Å². The van der Waals surface area contributed by atoms with E-state index in [1.54, 1.807) is 0 Å². The fraction of sp³-hybridized carbons (Fsp3) is 0.241. The topological polar surface area (TPSA) is 110 Å². The van der Waals surface area contributed by atoms with Crippen LogP contribution in [0.5, 0.6) is 5.75 Å². The van der Waals surface area contributed by atoms with Gasteiger partial charge in [0.05, 0.1) is 23.5 Å². The van der Waals surface area contributed by atoms with Crippen LogP contribution in [0.25, 0.3) is 0 Å². The molecule has 1 unspecified atom stereocenters. The molecule has 2 N–H and O–H groups in total. The minimum atomic E-state index is -5.26. The Kier molecular flexibility index (Phi) is 10.3. The van der Waals surface area contributed by atoms with Crippen molar-refractivity contribution in [1.82, 2.24) is 5.32 Å². The predicted molar refractivity (Wildman–Crippen MR) is 137 cm³/mol. The molecular weight excluding hydrogens is 629 g/mol. The van der Waals surface area contributed by atoms with Crippen molar-refractivity contribution in [2.45, 2.75) is 37.5 Å². The quantitative estimate of drug-likeness (QED) is 0.170. The summed E-state index contributed by atoms with van der Waals surface area (Å²) in [6, 6.07) is 8.29. The molecule has 0 spiro atoms. The van der Waals surface area contributed by atoms with E-state index in [4.69, 9.17) is 5.11 Å². The number of hydrogen-bond acceptors (Lipinski definition) is 5. The van der Waals surface area contributed by atoms with Gasteiger partial charge in [0.15, 0.2) is 11.6 Å². The van der Waals surface area contributed by atoms with Crippen molar-refractivity contribution < 1.29 is 68.5 Å². The highest BCUT2D eigenvalue weighted by Crippen LogP contribution is 2.37. The average molecular weight is 649 g/mol. The number of carbonyl (C=O) groups is 4. The van der Waals surface area contributed by atoms with E-state index in [1.807, 2.05) is 0 Å². The van der Waals surface area contributed by atoms with E-state index in [0.717, 1.165) is 48.5 Å². The Bertz CT molecular complexity index is 1530. The summed E-state index contributed by atoms with van der Waals surface area (Å²) in [6.07, 6.45) is -17.0. The number of aliphatic carboxylic acids is 1. The smallest absolute Gasteiger partial charge is 0.481 e. The number of ketones is 2. The average Bonchev–Trinajstić information content (AvgIpc) is 2.94. The zero-order chi connectivity index (χ0) is 33.7. The monoisotopic (exact) mass is 649 g/mol. The molecule has 0 fully saturated rings. The molecule has 1 atom stereocenters. The zero-order valence-corrected chi connectivity index (χ0v) is 22.4. The molecule has 0 saturated heterocycles. The molecule has 0 aliphatic carbocycles. The summed E-state index contributed by atoms with van der Waals surface area (Å²) < 4.78 is 122. The molecule has 45 heavy (non-hydrogen) atoms. The van der Waals surface area contributed by atoms with Crippen LogP contribution in [0, 0.1) is 0 Å². The predicted octanol–water partition coefficient (Wildman–Crippen LogP) is 7.07. The number of amides is 1. The van der Waals surface area contributed by atoms with E-state index in [0.29, 0.717) is 0 Å². The molecule has 3 rings (SSSR count). The molecule has 7 nitrogen and oxygen atoms in total. The number of alkyl halides is 9. The summed E-state index contributed by atoms with van der Waals surface area (Å²) in [5.74, 6) is -6.42. The molecule has 3 aromatic carbocycles. The first-order chi connectivity index (χ1) is 20.7. The number of carboxylic acid groups (broad SMARTS) is 1. The second kappa shape index (κ2) is 13.4. The van der Waals surface area contributed by atoms with Crippen LogP contribution in [-0.4, -0.2) is 41.5 Å². The highest BCUT2D eigenvalue weighted by atomic mass is 19.4. The number of halogens is 9. The second-order valence-electron chi connectivity index (χ2n) is 9.43. The van der Waals surface area contributed by atoms with Gasteiger partial charge in [-0.2, -0.15) is 26.3 Å². The Morgan fingerprint density at radius 1 is 0.711 bits per heavy atom. The lowest BCUT2D eigenvalue weighted by Crippen LogP contribution is -2.26. The second-order valence-corrected chi connectivity index (χ2v) is 9.43. The van der Waals surface area contributed by atoms with Crippen LogP contribution in [0.15, 0.2) is 66.7 Å². The van der Waals surface area contributed by atoms with Gasteiger partial charge in [-0.1, -0.05) is 24.3 Å². The third kappa shape index (κ3) is 9.81. The van der Waals surface area contributed by atoms with Crippen LogP contribution in [0.3, 0.4) is 0 Å². The number of benzene rings is 3. The number of Topliss-reactive ketones (excluding diaryl/α,β-unsaturated/α-hetero) is 2. The highest BCUT2D eigenvalue weighted by molar-refractivity contribution is 6.06. The Labute approximate surface area is 247 Å². The van der Waals surface area contributed by atoms with E-state index in [-0.39, 0.29) is 47.9 Å². The standard InChI is InChI=1S/C29H20F9NO6/c30-27(31,32)19-11-18(12-20(13-19)28(33,34)35)23(40)14-22(15-5-7-21(8-6-15)45-29(36,37)38)25(43)16-1-3-17(4-2-16)26(44)39-10-9-24(41)42/h1-8,11-13,22H,9-10,14H2,(H,39,44)(H,41,42). The highest BCUT2D eigenvalue weighted by Gasteiger charge is 2.38. The van der Waals surface area contributed by atoms with Crippen molar-refractivity contribution in [2.75, 3.05) is 6.54 Å². The van der Waals surface area contributed by atoms with Gasteiger partial charge in [0, 0.05) is 29.7 Å². The zero-order valence-electron chi connectivity index (χ0n) is 22.4.